The van der Waals surface area contributed by atoms with Crippen molar-refractivity contribution in [3.05, 3.63) is 12.4 Å². The van der Waals surface area contributed by atoms with Crippen LogP contribution < -0.4 is 5.73 Å². The Kier molecular flexibility index (Phi) is 3.39. The average molecular weight is 199 g/mol. The number of thioether (sulfide) groups is 1. The Morgan fingerprint density at radius 1 is 1.62 bits per heavy atom. The molecule has 1 unspecified atom stereocenters. The normalized spacial score (nSPS) is 14.5. The molecule has 0 saturated heterocycles. The molecular weight excluding hydrogens is 182 g/mol. The molecule has 1 atom stereocenters. The van der Waals surface area contributed by atoms with Gasteiger partial charge in [0.2, 0.25) is 0 Å². The topological polar surface area (TPSA) is 54.7 Å². The van der Waals surface area contributed by atoms with Gasteiger partial charge in [-0.2, -0.15) is 0 Å². The number of nitrogens with zero attached hydrogens (tertiary/aromatic N) is 1. The van der Waals surface area contributed by atoms with E-state index in [-0.39, 0.29) is 5.41 Å². The second kappa shape index (κ2) is 4.15. The molecule has 0 spiro atoms. The third-order valence-electron chi connectivity index (χ3n) is 1.91. The third-order valence-corrected chi connectivity index (χ3v) is 3.54. The Morgan fingerprint density at radius 3 is 2.69 bits per heavy atom. The minimum absolute atomic E-state index is 0.214. The summed E-state index contributed by atoms with van der Waals surface area (Å²) in [5, 5.41) is 1.35. The first-order chi connectivity index (χ1) is 6.04. The van der Waals surface area contributed by atoms with Crippen LogP contribution in [-0.4, -0.2) is 21.8 Å². The largest absolute Gasteiger partial charge is 0.340 e. The van der Waals surface area contributed by atoms with Gasteiger partial charge in [-0.05, 0) is 5.41 Å². The van der Waals surface area contributed by atoms with Crippen molar-refractivity contribution < 1.29 is 0 Å². The summed E-state index contributed by atoms with van der Waals surface area (Å²) < 4.78 is 0. The predicted octanol–water partition coefficient (Wildman–Crippen LogP) is 1.88. The summed E-state index contributed by atoms with van der Waals surface area (Å²) in [5.74, 6) is 0. The molecule has 0 saturated carbocycles. The Bertz CT molecular complexity index is 238. The van der Waals surface area contributed by atoms with Gasteiger partial charge in [-0.1, -0.05) is 32.5 Å². The van der Waals surface area contributed by atoms with Gasteiger partial charge in [-0.3, -0.25) is 0 Å². The van der Waals surface area contributed by atoms with Crippen molar-refractivity contribution in [1.29, 1.82) is 0 Å². The maximum absolute atomic E-state index is 5.71. The molecular formula is C9H17N3S. The lowest BCUT2D eigenvalue weighted by atomic mass is 9.92. The SMILES string of the molecule is CC(C)(C)C(CN)Sc1ncc[nH]1. The number of hydrogen-bond donors (Lipinski definition) is 2. The molecule has 0 fully saturated rings. The molecule has 0 aromatic carbocycles. The van der Waals surface area contributed by atoms with Crippen molar-refractivity contribution in [2.45, 2.75) is 31.2 Å². The van der Waals surface area contributed by atoms with Gasteiger partial charge in [0.1, 0.15) is 0 Å². The molecule has 13 heavy (non-hydrogen) atoms. The fourth-order valence-corrected chi connectivity index (χ4v) is 2.01. The predicted molar refractivity (Wildman–Crippen MR) is 56.7 cm³/mol. The number of rotatable bonds is 3. The Hall–Kier alpha value is -0.480. The van der Waals surface area contributed by atoms with Gasteiger partial charge < -0.3 is 10.7 Å². The molecule has 74 valence electrons. The summed E-state index contributed by atoms with van der Waals surface area (Å²) in [6, 6.07) is 0. The highest BCUT2D eigenvalue weighted by Gasteiger charge is 2.24. The van der Waals surface area contributed by atoms with Crippen LogP contribution in [0.1, 0.15) is 20.8 Å². The van der Waals surface area contributed by atoms with Gasteiger partial charge in [0.25, 0.3) is 0 Å². The van der Waals surface area contributed by atoms with Crippen molar-refractivity contribution in [2.75, 3.05) is 6.54 Å². The highest BCUT2D eigenvalue weighted by molar-refractivity contribution is 7.99. The number of nitrogens with one attached hydrogen (secondary N) is 1. The first-order valence-corrected chi connectivity index (χ1v) is 5.28. The van der Waals surface area contributed by atoms with E-state index in [4.69, 9.17) is 5.73 Å². The van der Waals surface area contributed by atoms with E-state index in [2.05, 4.69) is 30.7 Å². The quantitative estimate of drug-likeness (QED) is 0.731. The summed E-state index contributed by atoms with van der Waals surface area (Å²) in [6.07, 6.45) is 3.59. The number of imidazole rings is 1. The van der Waals surface area contributed by atoms with Gasteiger partial charge >= 0.3 is 0 Å². The van der Waals surface area contributed by atoms with E-state index in [1.807, 2.05) is 6.20 Å². The molecule has 1 aromatic heterocycles. The second-order valence-corrected chi connectivity index (χ2v) is 5.29. The molecule has 0 bridgehead atoms. The number of aromatic amines is 1. The Balaban J connectivity index is 2.60. The summed E-state index contributed by atoms with van der Waals surface area (Å²) in [4.78, 5) is 7.24. The van der Waals surface area contributed by atoms with Gasteiger partial charge in [0.15, 0.2) is 5.16 Å². The number of aromatic nitrogens is 2. The van der Waals surface area contributed by atoms with Crippen LogP contribution in [0.25, 0.3) is 0 Å². The third kappa shape index (κ3) is 3.04. The van der Waals surface area contributed by atoms with Crippen LogP contribution in [0.2, 0.25) is 0 Å². The van der Waals surface area contributed by atoms with Gasteiger partial charge in [-0.25, -0.2) is 4.98 Å². The average Bonchev–Trinajstić information content (AvgIpc) is 2.49. The van der Waals surface area contributed by atoms with E-state index in [9.17, 15) is 0 Å². The van der Waals surface area contributed by atoms with E-state index in [1.165, 1.54) is 0 Å². The Morgan fingerprint density at radius 2 is 2.31 bits per heavy atom. The summed E-state index contributed by atoms with van der Waals surface area (Å²) in [7, 11) is 0. The molecule has 3 N–H and O–H groups in total. The number of H-pyrrole nitrogens is 1. The summed E-state index contributed by atoms with van der Waals surface area (Å²) >= 11 is 1.71. The highest BCUT2D eigenvalue weighted by Crippen LogP contribution is 2.32. The van der Waals surface area contributed by atoms with Crippen LogP contribution in [0.15, 0.2) is 17.6 Å². The summed E-state index contributed by atoms with van der Waals surface area (Å²) in [6.45, 7) is 7.26. The van der Waals surface area contributed by atoms with Crippen molar-refractivity contribution in [2.24, 2.45) is 11.1 Å². The Labute approximate surface area is 83.5 Å². The van der Waals surface area contributed by atoms with Crippen molar-refractivity contribution >= 4 is 11.8 Å². The lowest BCUT2D eigenvalue weighted by molar-refractivity contribution is 0.398. The van der Waals surface area contributed by atoms with Gasteiger partial charge in [0.05, 0.1) is 0 Å². The zero-order chi connectivity index (χ0) is 9.90. The van der Waals surface area contributed by atoms with E-state index in [0.29, 0.717) is 11.8 Å². The summed E-state index contributed by atoms with van der Waals surface area (Å²) in [5.41, 5.74) is 5.93. The molecule has 1 rings (SSSR count). The molecule has 0 radical (unpaired) electrons. The van der Waals surface area contributed by atoms with E-state index < -0.39 is 0 Å². The number of nitrogens with two attached hydrogens (primary N) is 1. The molecule has 0 aliphatic rings. The fraction of sp³-hybridized carbons (Fsp3) is 0.667. The second-order valence-electron chi connectivity index (χ2n) is 4.10. The van der Waals surface area contributed by atoms with Crippen molar-refractivity contribution in [3.63, 3.8) is 0 Å². The van der Waals surface area contributed by atoms with Crippen molar-refractivity contribution in [1.82, 2.24) is 9.97 Å². The van der Waals surface area contributed by atoms with Crippen LogP contribution in [0.5, 0.6) is 0 Å². The zero-order valence-electron chi connectivity index (χ0n) is 8.37. The van der Waals surface area contributed by atoms with Gasteiger partial charge in [-0.15, -0.1) is 0 Å². The van der Waals surface area contributed by atoms with Crippen LogP contribution in [-0.2, 0) is 0 Å². The molecule has 0 aliphatic heterocycles. The zero-order valence-corrected chi connectivity index (χ0v) is 9.19. The van der Waals surface area contributed by atoms with Gasteiger partial charge in [0, 0.05) is 24.2 Å². The molecule has 4 heteroatoms. The van der Waals surface area contributed by atoms with Crippen LogP contribution in [0.4, 0.5) is 0 Å². The van der Waals surface area contributed by atoms with Crippen LogP contribution in [0, 0.1) is 5.41 Å². The standard InChI is InChI=1S/C9H17N3S/c1-9(2,3)7(6-10)13-8-11-4-5-12-8/h4-5,7H,6,10H2,1-3H3,(H,11,12). The number of hydrogen-bond acceptors (Lipinski definition) is 3. The molecule has 1 aromatic rings. The fourth-order valence-electron chi connectivity index (χ4n) is 1.03. The monoisotopic (exact) mass is 199 g/mol. The smallest absolute Gasteiger partial charge is 0.165 e. The minimum Gasteiger partial charge on any atom is -0.340 e. The minimum atomic E-state index is 0.214. The van der Waals surface area contributed by atoms with E-state index >= 15 is 0 Å². The molecule has 0 aliphatic carbocycles. The molecule has 1 heterocycles. The van der Waals surface area contributed by atoms with Crippen molar-refractivity contribution in [3.8, 4) is 0 Å². The van der Waals surface area contributed by atoms with E-state index in [1.54, 1.807) is 18.0 Å². The first kappa shape index (κ1) is 10.6. The highest BCUT2D eigenvalue weighted by atomic mass is 32.2. The molecule has 3 nitrogen and oxygen atoms in total. The first-order valence-electron chi connectivity index (χ1n) is 4.40. The maximum atomic E-state index is 5.71. The maximum Gasteiger partial charge on any atom is 0.165 e. The van der Waals surface area contributed by atoms with Crippen LogP contribution in [0.3, 0.4) is 0 Å². The lowest BCUT2D eigenvalue weighted by Gasteiger charge is -2.27. The lowest BCUT2D eigenvalue weighted by Crippen LogP contribution is -2.30. The molecule has 0 amide bonds. The van der Waals surface area contributed by atoms with E-state index in [0.717, 1.165) is 5.16 Å². The van der Waals surface area contributed by atoms with Crippen LogP contribution >= 0.6 is 11.8 Å².